The van der Waals surface area contributed by atoms with Crippen LogP contribution in [0, 0.1) is 12.1 Å². The second-order valence-electron chi connectivity index (χ2n) is 18.3. The third kappa shape index (κ3) is 7.73. The van der Waals surface area contributed by atoms with Crippen molar-refractivity contribution in [1.29, 1.82) is 0 Å². The summed E-state index contributed by atoms with van der Waals surface area (Å²) >= 11 is 1.86. The Balaban J connectivity index is 0.000000359. The summed E-state index contributed by atoms with van der Waals surface area (Å²) in [6.07, 6.45) is 1.79. The molecule has 4 nitrogen and oxygen atoms in total. The van der Waals surface area contributed by atoms with E-state index in [9.17, 15) is 0 Å². The number of rotatable bonds is 7. The standard InChI is InChI=1S/C53H40N3S.C11H8N.Ir/c1-32(2)42-30-36(34-16-6-5-7-17-34)31-43(33(3)4)51(42)56-46-28-26-35-18-8-9-19-37(35)50(46)54-53(56)41-27-29-47(52-49(41)40-22-12-15-25-48(40)57-52)55-44-23-13-10-20-38(44)39-21-11-14-24-45(39)55;1-2-6-10(7-3-1)11-8-4-5-9-12-11;/h5-26,28-33H,1-4H3;1-6,8-9H;/q2*-1;. The van der Waals surface area contributed by atoms with Crippen LogP contribution in [0.3, 0.4) is 0 Å². The van der Waals surface area contributed by atoms with E-state index in [0.717, 1.165) is 44.8 Å². The Kier molecular flexibility index (Phi) is 12.1. The fourth-order valence-electron chi connectivity index (χ4n) is 10.2. The first-order chi connectivity index (χ1) is 33.9. The number of benzene rings is 9. The number of nitrogens with zero attached hydrogens (tertiary/aromatic N) is 4. The molecule has 0 saturated heterocycles. The maximum atomic E-state index is 5.73. The molecule has 0 bridgehead atoms. The van der Waals surface area contributed by atoms with Crippen molar-refractivity contribution in [3.63, 3.8) is 0 Å². The molecular formula is C64H48IrN4S-2. The fraction of sp³-hybridized carbons (Fsp3) is 0.0938. The SMILES string of the molecule is CC(C)c1cc(-c2ccccc2)cc(C(C)C)c1-n1c(-c2[c-]cc(-n3c4ccccc4c4ccccc43)c3sc4ccccc4c23)nc2c3ccccc3ccc21.[Ir].[c-]1ccccc1-c1ccccn1. The molecule has 6 heteroatoms. The van der Waals surface area contributed by atoms with Crippen molar-refractivity contribution >= 4 is 75.1 Å². The van der Waals surface area contributed by atoms with Crippen molar-refractivity contribution in [2.45, 2.75) is 39.5 Å². The summed E-state index contributed by atoms with van der Waals surface area (Å²) in [5, 5.41) is 7.26. The van der Waals surface area contributed by atoms with Gasteiger partial charge in [0.1, 0.15) is 0 Å². The van der Waals surface area contributed by atoms with Crippen LogP contribution in [0.25, 0.3) is 109 Å². The molecule has 0 aliphatic heterocycles. The predicted octanol–water partition coefficient (Wildman–Crippen LogP) is 17.6. The summed E-state index contributed by atoms with van der Waals surface area (Å²) in [6, 6.07) is 78.2. The van der Waals surface area contributed by atoms with Crippen LogP contribution in [0.15, 0.2) is 206 Å². The van der Waals surface area contributed by atoms with E-state index in [2.05, 4.69) is 212 Å². The molecule has 0 aliphatic carbocycles. The quantitative estimate of drug-likeness (QED) is 0.149. The number of thiophene rings is 1. The third-order valence-electron chi connectivity index (χ3n) is 13.4. The van der Waals surface area contributed by atoms with E-state index in [1.165, 1.54) is 75.3 Å². The van der Waals surface area contributed by atoms with Crippen LogP contribution in [0.4, 0.5) is 0 Å². The summed E-state index contributed by atoms with van der Waals surface area (Å²) in [5.41, 5.74) is 15.0. The zero-order chi connectivity index (χ0) is 46.6. The average molecular weight is 1100 g/mol. The van der Waals surface area contributed by atoms with Gasteiger partial charge in [0.2, 0.25) is 0 Å². The first kappa shape index (κ1) is 45.0. The number of hydrogen-bond acceptors (Lipinski definition) is 3. The number of pyridine rings is 1. The molecule has 0 aliphatic rings. The van der Waals surface area contributed by atoms with Gasteiger partial charge in [0.15, 0.2) is 0 Å². The van der Waals surface area contributed by atoms with E-state index in [4.69, 9.17) is 4.98 Å². The van der Waals surface area contributed by atoms with Crippen molar-refractivity contribution in [3.8, 4) is 45.1 Å². The summed E-state index contributed by atoms with van der Waals surface area (Å²) in [6.45, 7) is 9.29. The Morgan fingerprint density at radius 1 is 0.529 bits per heavy atom. The number of imidazole rings is 1. The molecule has 13 aromatic rings. The molecule has 4 heterocycles. The summed E-state index contributed by atoms with van der Waals surface area (Å²) in [5.74, 6) is 1.44. The molecule has 9 aromatic carbocycles. The normalized spacial score (nSPS) is 11.6. The number of aromatic nitrogens is 4. The Labute approximate surface area is 425 Å². The molecule has 0 N–H and O–H groups in total. The van der Waals surface area contributed by atoms with Crippen molar-refractivity contribution in [1.82, 2.24) is 19.1 Å². The van der Waals surface area contributed by atoms with E-state index in [1.807, 2.05) is 53.8 Å². The van der Waals surface area contributed by atoms with Gasteiger partial charge in [-0.3, -0.25) is 4.98 Å². The van der Waals surface area contributed by atoms with Crippen molar-refractivity contribution in [2.24, 2.45) is 0 Å². The number of fused-ring (bicyclic) bond motifs is 9. The van der Waals surface area contributed by atoms with Crippen LogP contribution in [-0.4, -0.2) is 19.1 Å². The van der Waals surface area contributed by atoms with Gasteiger partial charge in [0, 0.05) is 63.9 Å². The minimum atomic E-state index is 0. The fourth-order valence-corrected chi connectivity index (χ4v) is 11.4. The number of hydrogen-bond donors (Lipinski definition) is 0. The second-order valence-corrected chi connectivity index (χ2v) is 19.4. The molecule has 0 spiro atoms. The molecule has 0 fully saturated rings. The first-order valence-corrected chi connectivity index (χ1v) is 24.6. The third-order valence-corrected chi connectivity index (χ3v) is 14.6. The monoisotopic (exact) mass is 1100 g/mol. The Hall–Kier alpha value is -7.47. The van der Waals surface area contributed by atoms with Gasteiger partial charge < -0.3 is 14.1 Å². The molecule has 0 saturated carbocycles. The minimum absolute atomic E-state index is 0. The van der Waals surface area contributed by atoms with Crippen LogP contribution < -0.4 is 0 Å². The van der Waals surface area contributed by atoms with Gasteiger partial charge >= 0.3 is 0 Å². The maximum Gasteiger partial charge on any atom is 0.0852 e. The maximum absolute atomic E-state index is 5.73. The molecular weight excluding hydrogens is 1050 g/mol. The first-order valence-electron chi connectivity index (χ1n) is 23.8. The molecule has 70 heavy (non-hydrogen) atoms. The van der Waals surface area contributed by atoms with Gasteiger partial charge in [0.25, 0.3) is 0 Å². The largest absolute Gasteiger partial charge is 0.349 e. The topological polar surface area (TPSA) is 35.6 Å². The molecule has 4 aromatic heterocycles. The van der Waals surface area contributed by atoms with Gasteiger partial charge in [-0.05, 0) is 103 Å². The molecule has 13 rings (SSSR count). The van der Waals surface area contributed by atoms with E-state index >= 15 is 0 Å². The van der Waals surface area contributed by atoms with Gasteiger partial charge in [0.05, 0.1) is 16.9 Å². The average Bonchev–Trinajstić information content (AvgIpc) is 4.10. The van der Waals surface area contributed by atoms with Crippen molar-refractivity contribution < 1.29 is 20.1 Å². The van der Waals surface area contributed by atoms with Crippen LogP contribution in [0.1, 0.15) is 50.7 Å². The molecule has 0 amide bonds. The van der Waals surface area contributed by atoms with Gasteiger partial charge in [-0.1, -0.05) is 166 Å². The minimum Gasteiger partial charge on any atom is -0.349 e. The molecule has 0 unspecified atom stereocenters. The van der Waals surface area contributed by atoms with E-state index in [0.29, 0.717) is 0 Å². The Morgan fingerprint density at radius 2 is 1.16 bits per heavy atom. The van der Waals surface area contributed by atoms with Crippen molar-refractivity contribution in [3.05, 3.63) is 230 Å². The van der Waals surface area contributed by atoms with E-state index < -0.39 is 0 Å². The second kappa shape index (κ2) is 18.8. The van der Waals surface area contributed by atoms with E-state index in [1.54, 1.807) is 6.20 Å². The van der Waals surface area contributed by atoms with Crippen LogP contribution in [0.2, 0.25) is 0 Å². The number of para-hydroxylation sites is 2. The van der Waals surface area contributed by atoms with Crippen LogP contribution in [-0.2, 0) is 20.1 Å². The van der Waals surface area contributed by atoms with Crippen LogP contribution >= 0.6 is 11.3 Å². The van der Waals surface area contributed by atoms with Gasteiger partial charge in [-0.25, -0.2) is 0 Å². The Morgan fingerprint density at radius 3 is 1.83 bits per heavy atom. The van der Waals surface area contributed by atoms with Gasteiger partial charge in [-0.15, -0.1) is 48.0 Å². The molecule has 1 radical (unpaired) electrons. The smallest absolute Gasteiger partial charge is 0.0852 e. The molecule has 341 valence electrons. The summed E-state index contributed by atoms with van der Waals surface area (Å²) in [7, 11) is 0. The summed E-state index contributed by atoms with van der Waals surface area (Å²) in [4.78, 5) is 9.95. The van der Waals surface area contributed by atoms with Crippen molar-refractivity contribution in [2.75, 3.05) is 0 Å². The Bertz CT molecular complexity index is 3900. The predicted molar refractivity (Wildman–Crippen MR) is 292 cm³/mol. The zero-order valence-electron chi connectivity index (χ0n) is 39.3. The van der Waals surface area contributed by atoms with Gasteiger partial charge in [-0.2, -0.15) is 11.3 Å². The summed E-state index contributed by atoms with van der Waals surface area (Å²) < 4.78 is 7.41. The molecule has 0 atom stereocenters. The van der Waals surface area contributed by atoms with E-state index in [-0.39, 0.29) is 31.9 Å². The zero-order valence-corrected chi connectivity index (χ0v) is 42.5. The van der Waals surface area contributed by atoms with Crippen LogP contribution in [0.5, 0.6) is 0 Å².